The Bertz CT molecular complexity index is 2540. The summed E-state index contributed by atoms with van der Waals surface area (Å²) in [5, 5.41) is 5.17. The third-order valence-corrected chi connectivity index (χ3v) is 12.4. The quantitative estimate of drug-likeness (QED) is 0.136. The number of fused-ring (bicyclic) bond motifs is 6. The highest BCUT2D eigenvalue weighted by Crippen LogP contribution is 2.54. The van der Waals surface area contributed by atoms with Gasteiger partial charge in [-0.1, -0.05) is 171 Å². The van der Waals surface area contributed by atoms with Gasteiger partial charge in [-0.25, -0.2) is 0 Å². The molecule has 2 nitrogen and oxygen atoms in total. The molecule has 0 bridgehead atoms. The lowest BCUT2D eigenvalue weighted by molar-refractivity contribution is -0.400. The molecule has 1 unspecified atom stereocenters. The van der Waals surface area contributed by atoms with Crippen LogP contribution in [0.1, 0.15) is 41.2 Å². The molecule has 54 heavy (non-hydrogen) atoms. The van der Waals surface area contributed by atoms with Crippen molar-refractivity contribution in [2.24, 2.45) is 0 Å². The zero-order valence-electron chi connectivity index (χ0n) is 31.5. The van der Waals surface area contributed by atoms with Crippen LogP contribution in [-0.2, 0) is 30.1 Å². The van der Waals surface area contributed by atoms with Gasteiger partial charge < -0.3 is 4.90 Å². The van der Waals surface area contributed by atoms with Crippen molar-refractivity contribution >= 4 is 38.6 Å². The maximum absolute atomic E-state index is 2.50. The molecule has 0 fully saturated rings. The van der Waals surface area contributed by atoms with Gasteiger partial charge in [0.1, 0.15) is 7.05 Å². The van der Waals surface area contributed by atoms with Crippen molar-refractivity contribution in [3.8, 4) is 0 Å². The Kier molecular flexibility index (Phi) is 8.62. The number of allylic oxidation sites excluding steroid dienone is 4. The summed E-state index contributed by atoms with van der Waals surface area (Å²) in [7, 11) is 4.56. The topological polar surface area (TPSA) is 6.25 Å². The number of anilines is 1. The maximum Gasteiger partial charge on any atom is 0.217 e. The molecule has 0 saturated carbocycles. The molecule has 2 aliphatic rings. The molecule has 0 radical (unpaired) electrons. The van der Waals surface area contributed by atoms with E-state index in [0.29, 0.717) is 0 Å². The van der Waals surface area contributed by atoms with Crippen molar-refractivity contribution < 1.29 is 4.58 Å². The highest BCUT2D eigenvalue weighted by atomic mass is 15.2. The second-order valence-electron chi connectivity index (χ2n) is 15.3. The Balaban J connectivity index is 1.24. The van der Waals surface area contributed by atoms with E-state index in [9.17, 15) is 0 Å². The van der Waals surface area contributed by atoms with Crippen LogP contribution in [0.3, 0.4) is 0 Å². The van der Waals surface area contributed by atoms with Crippen LogP contribution in [0.25, 0.3) is 21.5 Å². The lowest BCUT2D eigenvalue weighted by Gasteiger charge is -2.32. The first kappa shape index (κ1) is 33.8. The van der Waals surface area contributed by atoms with Gasteiger partial charge in [0.2, 0.25) is 5.69 Å². The van der Waals surface area contributed by atoms with E-state index in [0.717, 1.165) is 25.7 Å². The first-order valence-electron chi connectivity index (χ1n) is 19.4. The highest BCUT2D eigenvalue weighted by Gasteiger charge is 2.51. The zero-order valence-corrected chi connectivity index (χ0v) is 31.5. The molecule has 1 atom stereocenters. The van der Waals surface area contributed by atoms with E-state index in [1.54, 1.807) is 0 Å². The molecular weight excluding hydrogens is 653 g/mol. The zero-order chi connectivity index (χ0) is 36.7. The molecule has 0 spiro atoms. The van der Waals surface area contributed by atoms with E-state index in [4.69, 9.17) is 0 Å². The standard InChI is InChI=1S/C52H47N2/c1-4-51(35-38-19-8-5-9-20-38)45-33-31-41-25-14-16-27-43(41)49(45)53(2)47(51)29-18-30-48-52(36-39-21-10-6-11-22-39,37-40-23-12-7-13-24-40)46-34-32-42-26-15-17-28-44(42)50(46)54(48)3/h5-34H,4,35-37H2,1-3H3/q+1. The van der Waals surface area contributed by atoms with E-state index in [2.05, 4.69) is 213 Å². The fraction of sp³-hybridized carbons (Fsp3) is 0.173. The first-order chi connectivity index (χ1) is 26.5. The predicted octanol–water partition coefficient (Wildman–Crippen LogP) is 11.9. The smallest absolute Gasteiger partial charge is 0.217 e. The SMILES string of the molecule is CCC1(Cc2ccccc2)/C(=C\C=C\C2=[N+](C)c3c(ccc4ccccc34)C2(Cc2ccccc2)Cc2ccccc2)N(C)c2c1ccc1ccccc21. The summed E-state index contributed by atoms with van der Waals surface area (Å²) in [6.45, 7) is 2.37. The molecule has 7 aromatic rings. The molecule has 0 saturated heterocycles. The Labute approximate surface area is 320 Å². The van der Waals surface area contributed by atoms with Gasteiger partial charge in [-0.3, -0.25) is 0 Å². The number of nitrogens with zero attached hydrogens (tertiary/aromatic N) is 2. The minimum Gasteiger partial charge on any atom is -0.347 e. The van der Waals surface area contributed by atoms with Gasteiger partial charge in [-0.15, -0.1) is 0 Å². The van der Waals surface area contributed by atoms with E-state index in [1.165, 1.54) is 72.1 Å². The van der Waals surface area contributed by atoms with Gasteiger partial charge in [-0.2, -0.15) is 4.58 Å². The van der Waals surface area contributed by atoms with Crippen molar-refractivity contribution in [2.45, 2.75) is 43.4 Å². The van der Waals surface area contributed by atoms with Crippen molar-refractivity contribution in [2.75, 3.05) is 19.0 Å². The summed E-state index contributed by atoms with van der Waals surface area (Å²) < 4.78 is 2.50. The van der Waals surface area contributed by atoms with Gasteiger partial charge in [0.05, 0.1) is 16.5 Å². The fourth-order valence-electron chi connectivity index (χ4n) is 9.89. The second kappa shape index (κ2) is 13.8. The Morgan fingerprint density at radius 3 is 1.59 bits per heavy atom. The minimum absolute atomic E-state index is 0.170. The number of hydrogen-bond donors (Lipinski definition) is 0. The summed E-state index contributed by atoms with van der Waals surface area (Å²) in [5.41, 5.74) is 11.7. The van der Waals surface area contributed by atoms with Gasteiger partial charge >= 0.3 is 0 Å². The summed E-state index contributed by atoms with van der Waals surface area (Å²) in [5.74, 6) is 0. The largest absolute Gasteiger partial charge is 0.347 e. The third-order valence-electron chi connectivity index (χ3n) is 12.4. The van der Waals surface area contributed by atoms with E-state index in [1.807, 2.05) is 0 Å². The average molecular weight is 700 g/mol. The molecule has 264 valence electrons. The fourth-order valence-corrected chi connectivity index (χ4v) is 9.89. The molecule has 0 N–H and O–H groups in total. The number of rotatable bonds is 9. The molecule has 2 heterocycles. The molecular formula is C52H47N2+. The Morgan fingerprint density at radius 2 is 1.02 bits per heavy atom. The van der Waals surface area contributed by atoms with Crippen LogP contribution in [0.5, 0.6) is 0 Å². The molecule has 0 amide bonds. The summed E-state index contributed by atoms with van der Waals surface area (Å²) >= 11 is 0. The average Bonchev–Trinajstić information content (AvgIpc) is 3.59. The first-order valence-corrected chi connectivity index (χ1v) is 19.4. The van der Waals surface area contributed by atoms with Crippen molar-refractivity contribution in [3.05, 3.63) is 216 Å². The number of hydrogen-bond acceptors (Lipinski definition) is 1. The van der Waals surface area contributed by atoms with Crippen LogP contribution in [0.2, 0.25) is 0 Å². The molecule has 0 aliphatic carbocycles. The number of benzene rings is 7. The van der Waals surface area contributed by atoms with Crippen molar-refractivity contribution in [3.63, 3.8) is 0 Å². The van der Waals surface area contributed by atoms with Gasteiger partial charge in [0, 0.05) is 35.2 Å². The molecule has 2 heteroatoms. The third kappa shape index (κ3) is 5.51. The van der Waals surface area contributed by atoms with Gasteiger partial charge in [0.25, 0.3) is 0 Å². The highest BCUT2D eigenvalue weighted by molar-refractivity contribution is 6.08. The normalized spacial score (nSPS) is 18.3. The van der Waals surface area contributed by atoms with E-state index < -0.39 is 0 Å². The Hall–Kier alpha value is -5.99. The molecule has 7 aromatic carbocycles. The van der Waals surface area contributed by atoms with Gasteiger partial charge in [0.15, 0.2) is 5.71 Å². The van der Waals surface area contributed by atoms with E-state index in [-0.39, 0.29) is 10.8 Å². The van der Waals surface area contributed by atoms with Crippen LogP contribution < -0.4 is 4.90 Å². The van der Waals surface area contributed by atoms with E-state index >= 15 is 0 Å². The lowest BCUT2D eigenvalue weighted by atomic mass is 9.68. The number of likely N-dealkylation sites (N-methyl/N-ethyl adjacent to an activating group) is 1. The van der Waals surface area contributed by atoms with Crippen molar-refractivity contribution in [1.82, 2.24) is 0 Å². The summed E-state index contributed by atoms with van der Waals surface area (Å²) in [6.07, 6.45) is 11.0. The van der Waals surface area contributed by atoms with Crippen LogP contribution in [0, 0.1) is 0 Å². The monoisotopic (exact) mass is 699 g/mol. The molecule has 2 aliphatic heterocycles. The van der Waals surface area contributed by atoms with Crippen LogP contribution in [-0.4, -0.2) is 24.4 Å². The lowest BCUT2D eigenvalue weighted by Crippen LogP contribution is -2.39. The second-order valence-corrected chi connectivity index (χ2v) is 15.3. The van der Waals surface area contributed by atoms with Gasteiger partial charge in [-0.05, 0) is 70.9 Å². The van der Waals surface area contributed by atoms with Crippen LogP contribution in [0.15, 0.2) is 188 Å². The predicted molar refractivity (Wildman–Crippen MR) is 228 cm³/mol. The van der Waals surface area contributed by atoms with Crippen molar-refractivity contribution in [1.29, 1.82) is 0 Å². The summed E-state index contributed by atoms with van der Waals surface area (Å²) in [6, 6.07) is 60.4. The molecule has 0 aromatic heterocycles. The van der Waals surface area contributed by atoms with Crippen LogP contribution in [0.4, 0.5) is 11.4 Å². The van der Waals surface area contributed by atoms with Crippen LogP contribution >= 0.6 is 0 Å². The maximum atomic E-state index is 2.50. The summed E-state index contributed by atoms with van der Waals surface area (Å²) in [4.78, 5) is 2.49. The minimum atomic E-state index is -0.279. The Morgan fingerprint density at radius 1 is 0.537 bits per heavy atom. The molecule has 9 rings (SSSR count).